The number of carbonyl (C=O) groups is 1. The van der Waals surface area contributed by atoms with E-state index in [2.05, 4.69) is 63.2 Å². The Labute approximate surface area is 227 Å². The van der Waals surface area contributed by atoms with Gasteiger partial charge in [0.05, 0.1) is 11.9 Å². The minimum atomic E-state index is 0.117. The standard InChI is InChI=1S/C29H42N6OS/c1-22(2)23-8-10-24(11-9-23)27-20-34(21-30-27)31-29(37)33-17-12-25(13-18-33)28(36)35-16-4-3-7-26(35)19-32-14-5-6-15-32/h8-11,20-22,25-26H,3-7,12-19H2,1-2H3,(H,31,37). The van der Waals surface area contributed by atoms with Crippen molar-refractivity contribution in [3.63, 3.8) is 0 Å². The van der Waals surface area contributed by atoms with Gasteiger partial charge in [-0.3, -0.25) is 10.2 Å². The maximum Gasteiger partial charge on any atom is 0.226 e. The van der Waals surface area contributed by atoms with E-state index >= 15 is 0 Å². The molecule has 0 radical (unpaired) electrons. The van der Waals surface area contributed by atoms with E-state index < -0.39 is 0 Å². The first kappa shape index (κ1) is 26.2. The fourth-order valence-corrected chi connectivity index (χ4v) is 6.35. The summed E-state index contributed by atoms with van der Waals surface area (Å²) in [5.41, 5.74) is 6.63. The molecule has 0 saturated carbocycles. The number of nitrogens with one attached hydrogen (secondary N) is 1. The number of piperidine rings is 2. The first-order valence-electron chi connectivity index (χ1n) is 14.2. The predicted molar refractivity (Wildman–Crippen MR) is 153 cm³/mol. The maximum absolute atomic E-state index is 13.5. The van der Waals surface area contributed by atoms with Crippen LogP contribution in [0.2, 0.25) is 0 Å². The summed E-state index contributed by atoms with van der Waals surface area (Å²) in [7, 11) is 0. The van der Waals surface area contributed by atoms with Crippen molar-refractivity contribution in [3.8, 4) is 11.3 Å². The van der Waals surface area contributed by atoms with E-state index in [-0.39, 0.29) is 5.92 Å². The Bertz CT molecular complexity index is 1050. The van der Waals surface area contributed by atoms with Gasteiger partial charge in [0.1, 0.15) is 6.33 Å². The third kappa shape index (κ3) is 6.34. The Balaban J connectivity index is 1.12. The number of benzene rings is 1. The van der Waals surface area contributed by atoms with Crippen molar-refractivity contribution in [2.24, 2.45) is 5.92 Å². The van der Waals surface area contributed by atoms with Crippen LogP contribution in [0.3, 0.4) is 0 Å². The van der Waals surface area contributed by atoms with Crippen LogP contribution in [0, 0.1) is 5.92 Å². The summed E-state index contributed by atoms with van der Waals surface area (Å²) in [6.07, 6.45) is 11.6. The van der Waals surface area contributed by atoms with E-state index in [1.54, 1.807) is 6.33 Å². The summed E-state index contributed by atoms with van der Waals surface area (Å²) >= 11 is 5.72. The fraction of sp³-hybridized carbons (Fsp3) is 0.621. The lowest BCUT2D eigenvalue weighted by atomic mass is 9.92. The molecule has 37 heavy (non-hydrogen) atoms. The van der Waals surface area contributed by atoms with Gasteiger partial charge in [-0.25, -0.2) is 9.66 Å². The maximum atomic E-state index is 13.5. The molecule has 5 rings (SSSR count). The second kappa shape index (κ2) is 11.9. The molecule has 2 aromatic rings. The fourth-order valence-electron chi connectivity index (χ4n) is 6.06. The highest BCUT2D eigenvalue weighted by molar-refractivity contribution is 7.80. The van der Waals surface area contributed by atoms with Gasteiger partial charge in [0, 0.05) is 43.7 Å². The van der Waals surface area contributed by atoms with Crippen molar-refractivity contribution in [2.75, 3.05) is 44.7 Å². The van der Waals surface area contributed by atoms with Gasteiger partial charge in [0.25, 0.3) is 0 Å². The highest BCUT2D eigenvalue weighted by atomic mass is 32.1. The lowest BCUT2D eigenvalue weighted by Crippen LogP contribution is -2.53. The van der Waals surface area contributed by atoms with Crippen LogP contribution < -0.4 is 5.43 Å². The lowest BCUT2D eigenvalue weighted by molar-refractivity contribution is -0.141. The van der Waals surface area contributed by atoms with Gasteiger partial charge in [-0.15, -0.1) is 0 Å². The van der Waals surface area contributed by atoms with Crippen molar-refractivity contribution >= 4 is 23.2 Å². The second-order valence-electron chi connectivity index (χ2n) is 11.3. The number of hydrogen-bond acceptors (Lipinski definition) is 4. The summed E-state index contributed by atoms with van der Waals surface area (Å²) < 4.78 is 1.84. The van der Waals surface area contributed by atoms with E-state index in [0.29, 0.717) is 23.0 Å². The molecule has 1 atom stereocenters. The molecule has 4 heterocycles. The predicted octanol–water partition coefficient (Wildman–Crippen LogP) is 4.69. The Morgan fingerprint density at radius 1 is 1.00 bits per heavy atom. The number of amides is 1. The smallest absolute Gasteiger partial charge is 0.226 e. The summed E-state index contributed by atoms with van der Waals surface area (Å²) in [6, 6.07) is 8.99. The molecule has 200 valence electrons. The van der Waals surface area contributed by atoms with E-state index in [0.717, 1.165) is 63.1 Å². The quantitative estimate of drug-likeness (QED) is 0.556. The van der Waals surface area contributed by atoms with Crippen LogP contribution in [0.1, 0.15) is 70.3 Å². The van der Waals surface area contributed by atoms with E-state index in [1.165, 1.54) is 37.9 Å². The van der Waals surface area contributed by atoms with Gasteiger partial charge in [-0.2, -0.15) is 0 Å². The number of likely N-dealkylation sites (tertiary alicyclic amines) is 3. The molecule has 1 aromatic carbocycles. The summed E-state index contributed by atoms with van der Waals surface area (Å²) in [5.74, 6) is 1.01. The Morgan fingerprint density at radius 2 is 1.70 bits per heavy atom. The molecule has 0 aliphatic carbocycles. The third-order valence-electron chi connectivity index (χ3n) is 8.39. The van der Waals surface area contributed by atoms with Gasteiger partial charge in [0.15, 0.2) is 5.11 Å². The van der Waals surface area contributed by atoms with Crippen LogP contribution in [0.25, 0.3) is 11.3 Å². The number of hydrogen-bond donors (Lipinski definition) is 1. The van der Waals surface area contributed by atoms with Crippen LogP contribution in [0.4, 0.5) is 0 Å². The number of nitrogens with zero attached hydrogens (tertiary/aromatic N) is 5. The highest BCUT2D eigenvalue weighted by Crippen LogP contribution is 2.26. The molecule has 8 heteroatoms. The van der Waals surface area contributed by atoms with Crippen molar-refractivity contribution in [3.05, 3.63) is 42.4 Å². The molecule has 1 unspecified atom stereocenters. The summed E-state index contributed by atoms with van der Waals surface area (Å²) in [5, 5.41) is 0.690. The lowest BCUT2D eigenvalue weighted by Gasteiger charge is -2.41. The molecule has 0 bridgehead atoms. The molecule has 1 amide bonds. The zero-order chi connectivity index (χ0) is 25.8. The monoisotopic (exact) mass is 522 g/mol. The van der Waals surface area contributed by atoms with Crippen LogP contribution >= 0.6 is 12.2 Å². The van der Waals surface area contributed by atoms with Gasteiger partial charge in [0.2, 0.25) is 5.91 Å². The van der Waals surface area contributed by atoms with Crippen LogP contribution in [-0.2, 0) is 4.79 Å². The number of carbonyl (C=O) groups excluding carboxylic acids is 1. The van der Waals surface area contributed by atoms with E-state index in [4.69, 9.17) is 12.2 Å². The zero-order valence-electron chi connectivity index (χ0n) is 22.4. The molecule has 3 saturated heterocycles. The molecular formula is C29H42N6OS. The molecule has 0 spiro atoms. The Morgan fingerprint density at radius 3 is 2.41 bits per heavy atom. The molecule has 1 aromatic heterocycles. The van der Waals surface area contributed by atoms with Gasteiger partial charge >= 0.3 is 0 Å². The zero-order valence-corrected chi connectivity index (χ0v) is 23.3. The van der Waals surface area contributed by atoms with Gasteiger partial charge in [-0.05, 0) is 81.7 Å². The summed E-state index contributed by atoms with van der Waals surface area (Å²) in [4.78, 5) is 25.1. The van der Waals surface area contributed by atoms with Gasteiger partial charge < -0.3 is 14.7 Å². The average Bonchev–Trinajstić information content (AvgIpc) is 3.61. The molecule has 3 aliphatic rings. The normalized spacial score (nSPS) is 21.5. The minimum absolute atomic E-state index is 0.117. The topological polar surface area (TPSA) is 56.6 Å². The van der Waals surface area contributed by atoms with Crippen molar-refractivity contribution in [1.82, 2.24) is 24.4 Å². The number of thiocarbonyl (C=S) groups is 1. The number of aromatic nitrogens is 2. The molecule has 3 fully saturated rings. The highest BCUT2D eigenvalue weighted by Gasteiger charge is 2.34. The largest absolute Gasteiger partial charge is 0.348 e. The van der Waals surface area contributed by atoms with E-state index in [9.17, 15) is 4.79 Å². The Hall–Kier alpha value is -2.45. The van der Waals surface area contributed by atoms with Crippen LogP contribution in [0.15, 0.2) is 36.8 Å². The van der Waals surface area contributed by atoms with Crippen molar-refractivity contribution < 1.29 is 4.79 Å². The third-order valence-corrected chi connectivity index (χ3v) is 8.74. The van der Waals surface area contributed by atoms with E-state index in [1.807, 2.05) is 10.9 Å². The molecule has 7 nitrogen and oxygen atoms in total. The Kier molecular flexibility index (Phi) is 8.45. The number of rotatable bonds is 6. The van der Waals surface area contributed by atoms with Crippen LogP contribution in [-0.4, -0.2) is 80.7 Å². The average molecular weight is 523 g/mol. The SMILES string of the molecule is CC(C)c1ccc(-c2cn(NC(=S)N3CCC(C(=O)N4CCCCC4CN4CCCC4)CC3)cn2)cc1. The molecule has 3 aliphatic heterocycles. The van der Waals surface area contributed by atoms with Crippen molar-refractivity contribution in [2.45, 2.75) is 70.8 Å². The van der Waals surface area contributed by atoms with Crippen LogP contribution in [0.5, 0.6) is 0 Å². The second-order valence-corrected chi connectivity index (χ2v) is 11.7. The summed E-state index contributed by atoms with van der Waals surface area (Å²) in [6.45, 7) is 10.4. The van der Waals surface area contributed by atoms with Gasteiger partial charge in [-0.1, -0.05) is 38.1 Å². The number of imidazole rings is 1. The van der Waals surface area contributed by atoms with Crippen molar-refractivity contribution in [1.29, 1.82) is 0 Å². The molecule has 1 N–H and O–H groups in total. The first-order valence-corrected chi connectivity index (χ1v) is 14.6. The minimum Gasteiger partial charge on any atom is -0.348 e. The first-order chi connectivity index (χ1) is 18.0. The molecular weight excluding hydrogens is 480 g/mol.